The molecular weight excluding hydrogens is 348 g/mol. The maximum absolute atomic E-state index is 10.9. The summed E-state index contributed by atoms with van der Waals surface area (Å²) in [6.07, 6.45) is 16.0. The number of aromatic nitrogens is 1. The van der Waals surface area contributed by atoms with E-state index >= 15 is 0 Å². The Kier molecular flexibility index (Phi) is 6.18. The molecule has 3 rings (SSSR count). The Morgan fingerprint density at radius 2 is 1.96 bits per heavy atom. The van der Waals surface area contributed by atoms with Gasteiger partial charge in [-0.3, -0.25) is 4.98 Å². The molecular formula is C24H36N2O2. The summed E-state index contributed by atoms with van der Waals surface area (Å²) in [6.45, 7) is 8.24. The summed E-state index contributed by atoms with van der Waals surface area (Å²) in [5.41, 5.74) is 3.39. The van der Waals surface area contributed by atoms with Crippen molar-refractivity contribution in [1.82, 2.24) is 4.98 Å². The zero-order valence-corrected chi connectivity index (χ0v) is 18.1. The van der Waals surface area contributed by atoms with Crippen molar-refractivity contribution in [2.24, 2.45) is 5.41 Å². The van der Waals surface area contributed by atoms with E-state index in [1.165, 1.54) is 37.7 Å². The van der Waals surface area contributed by atoms with Gasteiger partial charge < -0.3 is 15.2 Å². The first-order valence-corrected chi connectivity index (χ1v) is 10.6. The molecule has 0 bridgehead atoms. The quantitative estimate of drug-likeness (QED) is 0.718. The highest BCUT2D eigenvalue weighted by Crippen LogP contribution is 2.39. The van der Waals surface area contributed by atoms with Crippen molar-refractivity contribution in [3.05, 3.63) is 41.3 Å². The maximum Gasteiger partial charge on any atom is 0.145 e. The summed E-state index contributed by atoms with van der Waals surface area (Å²) in [5, 5.41) is 14.7. The lowest BCUT2D eigenvalue weighted by Crippen LogP contribution is -2.41. The van der Waals surface area contributed by atoms with Crippen molar-refractivity contribution in [3.8, 4) is 5.75 Å². The normalized spacial score (nSPS) is 23.4. The molecule has 28 heavy (non-hydrogen) atoms. The van der Waals surface area contributed by atoms with Crippen LogP contribution in [0.2, 0.25) is 0 Å². The van der Waals surface area contributed by atoms with E-state index in [-0.39, 0.29) is 5.41 Å². The van der Waals surface area contributed by atoms with E-state index in [9.17, 15) is 5.11 Å². The van der Waals surface area contributed by atoms with E-state index in [2.05, 4.69) is 43.2 Å². The highest BCUT2D eigenvalue weighted by atomic mass is 16.5. The Morgan fingerprint density at radius 3 is 2.54 bits per heavy atom. The molecule has 2 N–H and O–H groups in total. The fourth-order valence-electron chi connectivity index (χ4n) is 4.24. The first-order chi connectivity index (χ1) is 13.2. The number of ether oxygens (including phenoxy) is 1. The highest BCUT2D eigenvalue weighted by Gasteiger charge is 2.38. The van der Waals surface area contributed by atoms with Gasteiger partial charge in [0.2, 0.25) is 0 Å². The molecule has 4 heteroatoms. The molecule has 1 aromatic rings. The molecule has 0 spiro atoms. The average Bonchev–Trinajstić information content (AvgIpc) is 2.66. The van der Waals surface area contributed by atoms with Gasteiger partial charge in [0, 0.05) is 18.0 Å². The third-order valence-corrected chi connectivity index (χ3v) is 6.41. The average molecular weight is 385 g/mol. The molecule has 1 fully saturated rings. The second-order valence-electron chi connectivity index (χ2n) is 9.42. The minimum atomic E-state index is -0.794. The van der Waals surface area contributed by atoms with Gasteiger partial charge in [0.1, 0.15) is 5.75 Å². The number of nitrogens with one attached hydrogen (secondary N) is 1. The molecule has 0 aromatic carbocycles. The van der Waals surface area contributed by atoms with E-state index in [0.29, 0.717) is 12.5 Å². The molecule has 2 aliphatic carbocycles. The van der Waals surface area contributed by atoms with Gasteiger partial charge in [0.05, 0.1) is 30.3 Å². The van der Waals surface area contributed by atoms with Crippen LogP contribution < -0.4 is 10.1 Å². The largest absolute Gasteiger partial charge is 0.494 e. The number of methoxy groups -OCH3 is 1. The lowest BCUT2D eigenvalue weighted by molar-refractivity contribution is -0.0121. The summed E-state index contributed by atoms with van der Waals surface area (Å²) in [6, 6.07) is 0.517. The Balaban J connectivity index is 1.84. The van der Waals surface area contributed by atoms with Crippen LogP contribution in [0.3, 0.4) is 0 Å². The van der Waals surface area contributed by atoms with E-state index in [1.807, 2.05) is 19.2 Å². The topological polar surface area (TPSA) is 54.4 Å². The van der Waals surface area contributed by atoms with Crippen LogP contribution in [0.4, 0.5) is 5.69 Å². The van der Waals surface area contributed by atoms with Crippen molar-refractivity contribution in [2.75, 3.05) is 12.4 Å². The standard InChI is InChI=1S/C24H36N2O2/c1-17-22(28-5)20(21(16-25-17)26-19-9-7-6-8-10-19)15-18-11-13-24(27,14-12-18)23(2,3)4/h11-13,16,19,26-27H,6-10,14-15H2,1-5H3. The van der Waals surface area contributed by atoms with Gasteiger partial charge in [-0.15, -0.1) is 0 Å². The molecule has 1 aromatic heterocycles. The van der Waals surface area contributed by atoms with Crippen LogP contribution in [0.5, 0.6) is 5.75 Å². The van der Waals surface area contributed by atoms with Crippen LogP contribution in [0.15, 0.2) is 30.0 Å². The van der Waals surface area contributed by atoms with Gasteiger partial charge in [-0.25, -0.2) is 0 Å². The van der Waals surface area contributed by atoms with Crippen molar-refractivity contribution < 1.29 is 9.84 Å². The number of hydrogen-bond acceptors (Lipinski definition) is 4. The van der Waals surface area contributed by atoms with Gasteiger partial charge in [0.15, 0.2) is 0 Å². The SMILES string of the molecule is COc1c(C)ncc(NC2CCCCC2)c1CC1=CCC(O)(C(C)(C)C)C=C1. The molecule has 0 amide bonds. The number of hydrogen-bond donors (Lipinski definition) is 2. The number of aryl methyl sites for hydroxylation is 1. The van der Waals surface area contributed by atoms with E-state index in [4.69, 9.17) is 4.74 Å². The number of allylic oxidation sites excluding steroid dienone is 2. The van der Waals surface area contributed by atoms with Gasteiger partial charge in [-0.05, 0) is 37.2 Å². The summed E-state index contributed by atoms with van der Waals surface area (Å²) in [7, 11) is 1.72. The number of aliphatic hydroxyl groups is 1. The molecule has 1 heterocycles. The monoisotopic (exact) mass is 384 g/mol. The zero-order valence-electron chi connectivity index (χ0n) is 18.1. The third-order valence-electron chi connectivity index (χ3n) is 6.41. The molecule has 4 nitrogen and oxygen atoms in total. The predicted molar refractivity (Wildman–Crippen MR) is 116 cm³/mol. The molecule has 2 aliphatic rings. The molecule has 1 unspecified atom stereocenters. The first kappa shape index (κ1) is 20.9. The summed E-state index contributed by atoms with van der Waals surface area (Å²) >= 11 is 0. The smallest absolute Gasteiger partial charge is 0.145 e. The highest BCUT2D eigenvalue weighted by molar-refractivity contribution is 5.60. The van der Waals surface area contributed by atoms with Crippen LogP contribution in [0, 0.1) is 12.3 Å². The van der Waals surface area contributed by atoms with Crippen LogP contribution >= 0.6 is 0 Å². The second-order valence-corrected chi connectivity index (χ2v) is 9.42. The Bertz CT molecular complexity index is 755. The minimum Gasteiger partial charge on any atom is -0.494 e. The summed E-state index contributed by atoms with van der Waals surface area (Å²) < 4.78 is 5.74. The van der Waals surface area contributed by atoms with Crippen LogP contribution in [-0.4, -0.2) is 28.8 Å². The Labute approximate surface area is 170 Å². The minimum absolute atomic E-state index is 0.190. The first-order valence-electron chi connectivity index (χ1n) is 10.6. The Morgan fingerprint density at radius 1 is 1.25 bits per heavy atom. The van der Waals surface area contributed by atoms with Gasteiger partial charge >= 0.3 is 0 Å². The van der Waals surface area contributed by atoms with Gasteiger partial charge in [-0.1, -0.05) is 58.3 Å². The molecule has 1 atom stereocenters. The predicted octanol–water partition coefficient (Wildman–Crippen LogP) is 5.35. The molecule has 1 saturated carbocycles. The lowest BCUT2D eigenvalue weighted by Gasteiger charge is -2.39. The summed E-state index contributed by atoms with van der Waals surface area (Å²) in [4.78, 5) is 4.56. The third kappa shape index (κ3) is 4.43. The Hall–Kier alpha value is -1.81. The molecule has 154 valence electrons. The van der Waals surface area contributed by atoms with Crippen LogP contribution in [0.1, 0.15) is 70.6 Å². The van der Waals surface area contributed by atoms with Crippen LogP contribution in [-0.2, 0) is 6.42 Å². The van der Waals surface area contributed by atoms with Crippen LogP contribution in [0.25, 0.3) is 0 Å². The van der Waals surface area contributed by atoms with Crippen molar-refractivity contribution >= 4 is 5.69 Å². The zero-order chi connectivity index (χ0) is 20.4. The maximum atomic E-state index is 10.9. The van der Waals surface area contributed by atoms with Gasteiger partial charge in [0.25, 0.3) is 0 Å². The fraction of sp³-hybridized carbons (Fsp3) is 0.625. The molecule has 0 aliphatic heterocycles. The number of nitrogens with zero attached hydrogens (tertiary/aromatic N) is 1. The second kappa shape index (κ2) is 8.28. The number of anilines is 1. The fourth-order valence-corrected chi connectivity index (χ4v) is 4.24. The molecule has 0 radical (unpaired) electrons. The van der Waals surface area contributed by atoms with E-state index in [0.717, 1.165) is 29.1 Å². The van der Waals surface area contributed by atoms with Crippen molar-refractivity contribution in [2.45, 2.75) is 84.3 Å². The molecule has 0 saturated heterocycles. The number of rotatable bonds is 5. The lowest BCUT2D eigenvalue weighted by atomic mass is 9.72. The van der Waals surface area contributed by atoms with Crippen molar-refractivity contribution in [3.63, 3.8) is 0 Å². The van der Waals surface area contributed by atoms with E-state index in [1.54, 1.807) is 7.11 Å². The van der Waals surface area contributed by atoms with Crippen molar-refractivity contribution in [1.29, 1.82) is 0 Å². The van der Waals surface area contributed by atoms with E-state index < -0.39 is 5.60 Å². The number of pyridine rings is 1. The summed E-state index contributed by atoms with van der Waals surface area (Å²) in [5.74, 6) is 0.867. The van der Waals surface area contributed by atoms with Gasteiger partial charge in [-0.2, -0.15) is 0 Å².